The molecular weight excluding hydrogens is 268 g/mol. The van der Waals surface area contributed by atoms with Gasteiger partial charge in [-0.05, 0) is 18.1 Å². The molecule has 1 aromatic carbocycles. The second-order valence-corrected chi connectivity index (χ2v) is 6.33. The van der Waals surface area contributed by atoms with Crippen molar-refractivity contribution in [3.05, 3.63) is 48.0 Å². The van der Waals surface area contributed by atoms with E-state index in [2.05, 4.69) is 40.7 Å². The second kappa shape index (κ2) is 6.02. The summed E-state index contributed by atoms with van der Waals surface area (Å²) >= 11 is 1.84. The molecule has 2 aromatic rings. The third-order valence-corrected chi connectivity index (χ3v) is 5.07. The number of aliphatic hydroxyl groups excluding tert-OH is 1. The molecule has 1 aliphatic heterocycles. The number of aryl methyl sites for hydroxylation is 1. The fraction of sp³-hybridized carbons (Fsp3) is 0.438. The van der Waals surface area contributed by atoms with E-state index < -0.39 is 0 Å². The van der Waals surface area contributed by atoms with Gasteiger partial charge in [-0.2, -0.15) is 0 Å². The van der Waals surface area contributed by atoms with Crippen molar-refractivity contribution in [2.24, 2.45) is 0 Å². The van der Waals surface area contributed by atoms with Gasteiger partial charge in [0.15, 0.2) is 0 Å². The summed E-state index contributed by atoms with van der Waals surface area (Å²) in [5.41, 5.74) is 1.29. The zero-order valence-electron chi connectivity index (χ0n) is 11.7. The minimum atomic E-state index is -0.357. The standard InChI is InChI=1S/C16H20N2OS/c1-2-8-18-9-7-17-16(18)10-14(19)13-11-20-15-6-4-3-5-12(13)15/h3-7,9,13-14,19H,2,8,10-11H2,1H3. The molecule has 0 spiro atoms. The Hall–Kier alpha value is -1.26. The smallest absolute Gasteiger partial charge is 0.111 e. The Balaban J connectivity index is 1.74. The molecule has 106 valence electrons. The summed E-state index contributed by atoms with van der Waals surface area (Å²) < 4.78 is 2.15. The number of nitrogens with zero attached hydrogens (tertiary/aromatic N) is 2. The summed E-state index contributed by atoms with van der Waals surface area (Å²) in [7, 11) is 0. The van der Waals surface area contributed by atoms with Crippen LogP contribution in [0.25, 0.3) is 0 Å². The van der Waals surface area contributed by atoms with Crippen LogP contribution in [0.4, 0.5) is 0 Å². The number of aromatic nitrogens is 2. The molecule has 0 aliphatic carbocycles. The average molecular weight is 288 g/mol. The van der Waals surface area contributed by atoms with Crippen molar-refractivity contribution < 1.29 is 5.11 Å². The van der Waals surface area contributed by atoms with E-state index in [1.807, 2.05) is 24.2 Å². The summed E-state index contributed by atoms with van der Waals surface area (Å²) in [5, 5.41) is 10.6. The molecule has 2 heterocycles. The first-order valence-corrected chi connectivity index (χ1v) is 8.18. The highest BCUT2D eigenvalue weighted by molar-refractivity contribution is 7.99. The number of thioether (sulfide) groups is 1. The lowest BCUT2D eigenvalue weighted by atomic mass is 9.93. The monoisotopic (exact) mass is 288 g/mol. The largest absolute Gasteiger partial charge is 0.392 e. The van der Waals surface area contributed by atoms with E-state index in [1.165, 1.54) is 10.5 Å². The highest BCUT2D eigenvalue weighted by atomic mass is 32.2. The Bertz CT molecular complexity index is 581. The normalized spacial score (nSPS) is 19.0. The fourth-order valence-electron chi connectivity index (χ4n) is 2.81. The summed E-state index contributed by atoms with van der Waals surface area (Å²) in [5.74, 6) is 2.19. The molecule has 0 amide bonds. The SMILES string of the molecule is CCCn1ccnc1CC(O)C1CSc2ccccc21. The molecule has 0 saturated heterocycles. The lowest BCUT2D eigenvalue weighted by Gasteiger charge is -2.19. The zero-order chi connectivity index (χ0) is 13.9. The third-order valence-electron chi connectivity index (χ3n) is 3.86. The highest BCUT2D eigenvalue weighted by Gasteiger charge is 2.29. The lowest BCUT2D eigenvalue weighted by molar-refractivity contribution is 0.148. The van der Waals surface area contributed by atoms with Crippen molar-refractivity contribution in [1.29, 1.82) is 0 Å². The molecule has 0 saturated carbocycles. The van der Waals surface area contributed by atoms with E-state index in [0.717, 1.165) is 24.5 Å². The van der Waals surface area contributed by atoms with Gasteiger partial charge in [-0.3, -0.25) is 0 Å². The molecule has 1 aromatic heterocycles. The molecule has 2 unspecified atom stereocenters. The number of hydrogen-bond donors (Lipinski definition) is 1. The predicted octanol–water partition coefficient (Wildman–Crippen LogP) is 3.09. The van der Waals surface area contributed by atoms with E-state index in [4.69, 9.17) is 0 Å². The van der Waals surface area contributed by atoms with E-state index in [0.29, 0.717) is 6.42 Å². The van der Waals surface area contributed by atoms with Crippen LogP contribution in [-0.4, -0.2) is 26.5 Å². The van der Waals surface area contributed by atoms with Crippen molar-refractivity contribution in [2.45, 2.75) is 43.2 Å². The molecule has 0 radical (unpaired) electrons. The van der Waals surface area contributed by atoms with Crippen LogP contribution in [0, 0.1) is 0 Å². The fourth-order valence-corrected chi connectivity index (χ4v) is 4.13. The summed E-state index contributed by atoms with van der Waals surface area (Å²) in [6.45, 7) is 3.13. The van der Waals surface area contributed by atoms with Crippen molar-refractivity contribution in [3.8, 4) is 0 Å². The third kappa shape index (κ3) is 2.63. The van der Waals surface area contributed by atoms with Crippen LogP contribution in [0.2, 0.25) is 0 Å². The van der Waals surface area contributed by atoms with Crippen LogP contribution in [0.3, 0.4) is 0 Å². The predicted molar refractivity (Wildman–Crippen MR) is 82.1 cm³/mol. The van der Waals surface area contributed by atoms with Crippen LogP contribution in [0.1, 0.15) is 30.7 Å². The first-order chi connectivity index (χ1) is 9.79. The molecule has 1 N–H and O–H groups in total. The number of benzene rings is 1. The molecule has 3 nitrogen and oxygen atoms in total. The van der Waals surface area contributed by atoms with E-state index in [-0.39, 0.29) is 12.0 Å². The lowest BCUT2D eigenvalue weighted by Crippen LogP contribution is -2.23. The van der Waals surface area contributed by atoms with Gasteiger partial charge in [-0.25, -0.2) is 4.98 Å². The number of imidazole rings is 1. The first kappa shape index (κ1) is 13.7. The minimum Gasteiger partial charge on any atom is -0.392 e. The Morgan fingerprint density at radius 2 is 2.30 bits per heavy atom. The second-order valence-electron chi connectivity index (χ2n) is 5.26. The molecule has 0 fully saturated rings. The molecule has 1 aliphatic rings. The topological polar surface area (TPSA) is 38.0 Å². The summed E-state index contributed by atoms with van der Waals surface area (Å²) in [6.07, 6.45) is 5.19. The van der Waals surface area contributed by atoms with Gasteiger partial charge in [0.25, 0.3) is 0 Å². The van der Waals surface area contributed by atoms with Gasteiger partial charge in [0.2, 0.25) is 0 Å². The molecule has 3 rings (SSSR count). The highest BCUT2D eigenvalue weighted by Crippen LogP contribution is 2.41. The van der Waals surface area contributed by atoms with Gasteiger partial charge in [0, 0.05) is 41.9 Å². The molecule has 0 bridgehead atoms. The molecular formula is C16H20N2OS. The van der Waals surface area contributed by atoms with Crippen molar-refractivity contribution >= 4 is 11.8 Å². The average Bonchev–Trinajstić information content (AvgIpc) is 3.06. The van der Waals surface area contributed by atoms with Crippen molar-refractivity contribution in [3.63, 3.8) is 0 Å². The quantitative estimate of drug-likeness (QED) is 0.919. The van der Waals surface area contributed by atoms with E-state index >= 15 is 0 Å². The van der Waals surface area contributed by atoms with Gasteiger partial charge < -0.3 is 9.67 Å². The van der Waals surface area contributed by atoms with Gasteiger partial charge >= 0.3 is 0 Å². The maximum atomic E-state index is 10.6. The zero-order valence-corrected chi connectivity index (χ0v) is 12.5. The number of rotatable bonds is 5. The first-order valence-electron chi connectivity index (χ1n) is 7.19. The minimum absolute atomic E-state index is 0.225. The summed E-state index contributed by atoms with van der Waals surface area (Å²) in [4.78, 5) is 5.71. The Morgan fingerprint density at radius 3 is 3.15 bits per heavy atom. The number of fused-ring (bicyclic) bond motifs is 1. The maximum absolute atomic E-state index is 10.6. The van der Waals surface area contributed by atoms with Gasteiger partial charge in [-0.1, -0.05) is 25.1 Å². The maximum Gasteiger partial charge on any atom is 0.111 e. The van der Waals surface area contributed by atoms with Crippen LogP contribution in [0.5, 0.6) is 0 Å². The van der Waals surface area contributed by atoms with Crippen molar-refractivity contribution in [1.82, 2.24) is 9.55 Å². The van der Waals surface area contributed by atoms with E-state index in [1.54, 1.807) is 0 Å². The Morgan fingerprint density at radius 1 is 1.45 bits per heavy atom. The summed E-state index contributed by atoms with van der Waals surface area (Å²) in [6, 6.07) is 8.41. The van der Waals surface area contributed by atoms with Crippen molar-refractivity contribution in [2.75, 3.05) is 5.75 Å². The number of aliphatic hydroxyl groups is 1. The Labute approximate surface area is 124 Å². The molecule has 2 atom stereocenters. The Kier molecular flexibility index (Phi) is 4.13. The van der Waals surface area contributed by atoms with Crippen LogP contribution in [0.15, 0.2) is 41.6 Å². The number of hydrogen-bond acceptors (Lipinski definition) is 3. The van der Waals surface area contributed by atoms with Gasteiger partial charge in [-0.15, -0.1) is 11.8 Å². The van der Waals surface area contributed by atoms with Crippen LogP contribution < -0.4 is 0 Å². The van der Waals surface area contributed by atoms with Crippen LogP contribution in [-0.2, 0) is 13.0 Å². The van der Waals surface area contributed by atoms with E-state index in [9.17, 15) is 5.11 Å². The van der Waals surface area contributed by atoms with Gasteiger partial charge in [0.1, 0.15) is 5.82 Å². The van der Waals surface area contributed by atoms with Crippen LogP contribution >= 0.6 is 11.8 Å². The molecule has 20 heavy (non-hydrogen) atoms. The van der Waals surface area contributed by atoms with Gasteiger partial charge in [0.05, 0.1) is 6.10 Å². The molecule has 4 heteroatoms.